The Morgan fingerprint density at radius 2 is 2.12 bits per heavy atom. The molecule has 16 heavy (non-hydrogen) atoms. The molecule has 0 saturated heterocycles. The SMILES string of the molecule is Cc1nn(C)c(C)c1CNCC(C)CCO. The molecule has 0 fully saturated rings. The summed E-state index contributed by atoms with van der Waals surface area (Å²) in [5.41, 5.74) is 3.61. The second kappa shape index (κ2) is 6.01. The molecule has 1 rings (SSSR count). The Bertz CT molecular complexity index is 333. The van der Waals surface area contributed by atoms with Gasteiger partial charge in [0.05, 0.1) is 5.69 Å². The van der Waals surface area contributed by atoms with Gasteiger partial charge in [-0.25, -0.2) is 0 Å². The smallest absolute Gasteiger partial charge is 0.0641 e. The summed E-state index contributed by atoms with van der Waals surface area (Å²) >= 11 is 0. The van der Waals surface area contributed by atoms with Crippen LogP contribution in [0.1, 0.15) is 30.3 Å². The van der Waals surface area contributed by atoms with E-state index in [0.29, 0.717) is 5.92 Å². The second-order valence-electron chi connectivity index (χ2n) is 4.52. The molecule has 0 saturated carbocycles. The predicted molar refractivity (Wildman–Crippen MR) is 65.3 cm³/mol. The van der Waals surface area contributed by atoms with Gasteiger partial charge in [0.1, 0.15) is 0 Å². The van der Waals surface area contributed by atoms with Crippen LogP contribution in [0.2, 0.25) is 0 Å². The van der Waals surface area contributed by atoms with Crippen LogP contribution in [0.25, 0.3) is 0 Å². The number of nitrogens with one attached hydrogen (secondary N) is 1. The molecule has 0 aromatic carbocycles. The van der Waals surface area contributed by atoms with E-state index in [1.165, 1.54) is 11.3 Å². The lowest BCUT2D eigenvalue weighted by molar-refractivity contribution is 0.260. The molecule has 1 unspecified atom stereocenters. The molecular weight excluding hydrogens is 202 g/mol. The highest BCUT2D eigenvalue weighted by Crippen LogP contribution is 2.11. The van der Waals surface area contributed by atoms with E-state index in [4.69, 9.17) is 5.11 Å². The quantitative estimate of drug-likeness (QED) is 0.763. The van der Waals surface area contributed by atoms with Crippen LogP contribution in [-0.2, 0) is 13.6 Å². The Morgan fingerprint density at radius 3 is 2.62 bits per heavy atom. The van der Waals surface area contributed by atoms with E-state index in [9.17, 15) is 0 Å². The average Bonchev–Trinajstić information content (AvgIpc) is 2.45. The Labute approximate surface area is 97.7 Å². The Kier molecular flexibility index (Phi) is 4.96. The highest BCUT2D eigenvalue weighted by molar-refractivity contribution is 5.23. The third-order valence-corrected chi connectivity index (χ3v) is 3.08. The Morgan fingerprint density at radius 1 is 1.44 bits per heavy atom. The number of aliphatic hydroxyl groups excluding tert-OH is 1. The molecule has 2 N–H and O–H groups in total. The lowest BCUT2D eigenvalue weighted by Gasteiger charge is -2.11. The van der Waals surface area contributed by atoms with Crippen molar-refractivity contribution in [1.29, 1.82) is 0 Å². The fourth-order valence-electron chi connectivity index (χ4n) is 1.84. The van der Waals surface area contributed by atoms with Crippen molar-refractivity contribution >= 4 is 0 Å². The molecule has 0 aliphatic heterocycles. The highest BCUT2D eigenvalue weighted by Gasteiger charge is 2.09. The van der Waals surface area contributed by atoms with Crippen LogP contribution in [0.5, 0.6) is 0 Å². The van der Waals surface area contributed by atoms with Gasteiger partial charge in [0.15, 0.2) is 0 Å². The first-order valence-corrected chi connectivity index (χ1v) is 5.87. The molecule has 0 aliphatic rings. The zero-order valence-corrected chi connectivity index (χ0v) is 10.7. The van der Waals surface area contributed by atoms with Crippen molar-refractivity contribution in [1.82, 2.24) is 15.1 Å². The number of hydrogen-bond donors (Lipinski definition) is 2. The van der Waals surface area contributed by atoms with Crippen LogP contribution >= 0.6 is 0 Å². The van der Waals surface area contributed by atoms with Crippen LogP contribution in [0.15, 0.2) is 0 Å². The van der Waals surface area contributed by atoms with Crippen LogP contribution in [0.3, 0.4) is 0 Å². The monoisotopic (exact) mass is 225 g/mol. The number of aromatic nitrogens is 2. The van der Waals surface area contributed by atoms with E-state index in [1.807, 2.05) is 18.7 Å². The number of aryl methyl sites for hydroxylation is 2. The van der Waals surface area contributed by atoms with Crippen LogP contribution in [-0.4, -0.2) is 28.0 Å². The molecule has 1 heterocycles. The van der Waals surface area contributed by atoms with Gasteiger partial charge in [-0.2, -0.15) is 5.10 Å². The lowest BCUT2D eigenvalue weighted by Crippen LogP contribution is -2.22. The van der Waals surface area contributed by atoms with Crippen molar-refractivity contribution in [3.8, 4) is 0 Å². The first kappa shape index (κ1) is 13.2. The van der Waals surface area contributed by atoms with Gasteiger partial charge in [-0.1, -0.05) is 6.92 Å². The van der Waals surface area contributed by atoms with Gasteiger partial charge in [0.2, 0.25) is 0 Å². The van der Waals surface area contributed by atoms with Gasteiger partial charge in [0, 0.05) is 31.5 Å². The largest absolute Gasteiger partial charge is 0.396 e. The van der Waals surface area contributed by atoms with E-state index in [0.717, 1.165) is 25.2 Å². The maximum atomic E-state index is 8.80. The van der Waals surface area contributed by atoms with Crippen LogP contribution in [0, 0.1) is 19.8 Å². The minimum absolute atomic E-state index is 0.272. The van der Waals surface area contributed by atoms with Gasteiger partial charge < -0.3 is 10.4 Å². The Balaban J connectivity index is 2.43. The maximum Gasteiger partial charge on any atom is 0.0641 e. The first-order valence-electron chi connectivity index (χ1n) is 5.87. The molecule has 1 aromatic heterocycles. The highest BCUT2D eigenvalue weighted by atomic mass is 16.3. The summed E-state index contributed by atoms with van der Waals surface area (Å²) in [4.78, 5) is 0. The summed E-state index contributed by atoms with van der Waals surface area (Å²) < 4.78 is 1.92. The van der Waals surface area contributed by atoms with Gasteiger partial charge in [-0.3, -0.25) is 4.68 Å². The average molecular weight is 225 g/mol. The summed E-state index contributed by atoms with van der Waals surface area (Å²) in [6.45, 7) is 8.35. The molecule has 0 spiro atoms. The number of rotatable bonds is 6. The van der Waals surface area contributed by atoms with E-state index in [1.54, 1.807) is 0 Å². The molecule has 0 amide bonds. The van der Waals surface area contributed by atoms with Crippen molar-refractivity contribution in [3.05, 3.63) is 17.0 Å². The molecule has 1 aromatic rings. The molecular formula is C12H23N3O. The first-order chi connectivity index (χ1) is 7.56. The van der Waals surface area contributed by atoms with Crippen molar-refractivity contribution in [2.24, 2.45) is 13.0 Å². The molecule has 4 nitrogen and oxygen atoms in total. The fraction of sp³-hybridized carbons (Fsp3) is 0.750. The molecule has 1 atom stereocenters. The van der Waals surface area contributed by atoms with Gasteiger partial charge in [-0.15, -0.1) is 0 Å². The number of hydrogen-bond acceptors (Lipinski definition) is 3. The van der Waals surface area contributed by atoms with Crippen LogP contribution in [0.4, 0.5) is 0 Å². The number of nitrogens with zero attached hydrogens (tertiary/aromatic N) is 2. The van der Waals surface area contributed by atoms with E-state index in [2.05, 4.69) is 24.3 Å². The third-order valence-electron chi connectivity index (χ3n) is 3.08. The normalized spacial score (nSPS) is 13.1. The van der Waals surface area contributed by atoms with Crippen LogP contribution < -0.4 is 5.32 Å². The molecule has 0 radical (unpaired) electrons. The minimum atomic E-state index is 0.272. The lowest BCUT2D eigenvalue weighted by atomic mass is 10.1. The van der Waals surface area contributed by atoms with E-state index < -0.39 is 0 Å². The molecule has 92 valence electrons. The zero-order valence-electron chi connectivity index (χ0n) is 10.7. The fourth-order valence-corrected chi connectivity index (χ4v) is 1.84. The standard InChI is InChI=1S/C12H23N3O/c1-9(5-6-16)7-13-8-12-10(2)14-15(4)11(12)3/h9,13,16H,5-8H2,1-4H3. The van der Waals surface area contributed by atoms with Gasteiger partial charge in [-0.05, 0) is 32.7 Å². The van der Waals surface area contributed by atoms with Crippen molar-refractivity contribution in [2.45, 2.75) is 33.7 Å². The van der Waals surface area contributed by atoms with E-state index >= 15 is 0 Å². The Hall–Kier alpha value is -0.870. The summed E-state index contributed by atoms with van der Waals surface area (Å²) in [6, 6.07) is 0. The van der Waals surface area contributed by atoms with Crippen molar-refractivity contribution in [3.63, 3.8) is 0 Å². The van der Waals surface area contributed by atoms with Crippen molar-refractivity contribution in [2.75, 3.05) is 13.2 Å². The predicted octanol–water partition coefficient (Wildman–Crippen LogP) is 1.15. The minimum Gasteiger partial charge on any atom is -0.396 e. The molecule has 4 heteroatoms. The summed E-state index contributed by atoms with van der Waals surface area (Å²) in [5, 5.41) is 16.6. The van der Waals surface area contributed by atoms with Crippen molar-refractivity contribution < 1.29 is 5.11 Å². The maximum absolute atomic E-state index is 8.80. The molecule has 0 aliphatic carbocycles. The third kappa shape index (κ3) is 3.32. The zero-order chi connectivity index (χ0) is 12.1. The van der Waals surface area contributed by atoms with Gasteiger partial charge in [0.25, 0.3) is 0 Å². The summed E-state index contributed by atoms with van der Waals surface area (Å²) in [5.74, 6) is 0.516. The molecule has 0 bridgehead atoms. The number of aliphatic hydroxyl groups is 1. The van der Waals surface area contributed by atoms with E-state index in [-0.39, 0.29) is 6.61 Å². The summed E-state index contributed by atoms with van der Waals surface area (Å²) in [6.07, 6.45) is 0.859. The second-order valence-corrected chi connectivity index (χ2v) is 4.52. The topological polar surface area (TPSA) is 50.1 Å². The summed E-state index contributed by atoms with van der Waals surface area (Å²) in [7, 11) is 1.97. The van der Waals surface area contributed by atoms with Gasteiger partial charge >= 0.3 is 0 Å².